The third-order valence-corrected chi connectivity index (χ3v) is 3.49. The molecular formula is C12H14ClN3OS. The van der Waals surface area contributed by atoms with E-state index in [2.05, 4.69) is 23.3 Å². The highest BCUT2D eigenvalue weighted by Crippen LogP contribution is 2.37. The number of hydrogen-bond acceptors (Lipinski definition) is 4. The maximum Gasteiger partial charge on any atom is 0.134 e. The molecule has 0 amide bonds. The number of nitrogens with zero attached hydrogens (tertiary/aromatic N) is 1. The van der Waals surface area contributed by atoms with Crippen molar-refractivity contribution in [1.82, 2.24) is 0 Å². The van der Waals surface area contributed by atoms with Gasteiger partial charge in [0.05, 0.1) is 16.9 Å². The molecule has 0 spiro atoms. The minimum atomic E-state index is 0. The van der Waals surface area contributed by atoms with Crippen molar-refractivity contribution in [3.8, 4) is 0 Å². The minimum absolute atomic E-state index is 0. The molecule has 96 valence electrons. The van der Waals surface area contributed by atoms with Crippen molar-refractivity contribution < 1.29 is 5.48 Å². The van der Waals surface area contributed by atoms with Crippen molar-refractivity contribution >= 4 is 46.0 Å². The van der Waals surface area contributed by atoms with Crippen LogP contribution in [-0.2, 0) is 0 Å². The Morgan fingerprint density at radius 1 is 1.28 bits per heavy atom. The molecule has 2 aromatic rings. The summed E-state index contributed by atoms with van der Waals surface area (Å²) < 4.78 is 0. The summed E-state index contributed by atoms with van der Waals surface area (Å²) in [5, 5.41) is 4.45. The third-order valence-electron chi connectivity index (χ3n) is 2.52. The van der Waals surface area contributed by atoms with Crippen LogP contribution in [0.3, 0.4) is 0 Å². The largest absolute Gasteiger partial charge is 0.412 e. The summed E-state index contributed by atoms with van der Waals surface area (Å²) in [4.78, 5) is 5.66. The molecule has 0 aliphatic carbocycles. The normalized spacial score (nSPS) is 11.7. The number of anilines is 2. The maximum absolute atomic E-state index is 5.99. The van der Waals surface area contributed by atoms with Gasteiger partial charge in [-0.05, 0) is 25.1 Å². The number of thiophene rings is 1. The molecule has 0 atom stereocenters. The Hall–Kier alpha value is -1.56. The highest BCUT2D eigenvalue weighted by Gasteiger charge is 2.16. The molecule has 1 aliphatic rings. The number of aliphatic imine (C=N–C) groups is 1. The molecule has 5 N–H and O–H groups in total. The van der Waals surface area contributed by atoms with E-state index in [0.29, 0.717) is 5.84 Å². The topological polar surface area (TPSA) is 81.9 Å². The Morgan fingerprint density at radius 3 is 2.78 bits per heavy atom. The number of amidine groups is 1. The lowest BCUT2D eigenvalue weighted by Crippen LogP contribution is -2.11. The van der Waals surface area contributed by atoms with Crippen molar-refractivity contribution in [3.63, 3.8) is 0 Å². The average molecular weight is 284 g/mol. The van der Waals surface area contributed by atoms with Crippen molar-refractivity contribution in [2.45, 2.75) is 6.92 Å². The second-order valence-electron chi connectivity index (χ2n) is 3.74. The van der Waals surface area contributed by atoms with E-state index < -0.39 is 0 Å². The number of nitrogens with one attached hydrogen (secondary N) is 1. The van der Waals surface area contributed by atoms with Gasteiger partial charge in [0, 0.05) is 4.88 Å². The summed E-state index contributed by atoms with van der Waals surface area (Å²) in [6, 6.07) is 9.98. The lowest BCUT2D eigenvalue weighted by molar-refractivity contribution is 0.824. The Kier molecular flexibility index (Phi) is 4.34. The first-order valence-electron chi connectivity index (χ1n) is 5.05. The number of halogens is 1. The number of fused-ring (bicyclic) bond motifs is 2. The molecule has 18 heavy (non-hydrogen) atoms. The monoisotopic (exact) mass is 283 g/mol. The fraction of sp³-hybridized carbons (Fsp3) is 0.0833. The van der Waals surface area contributed by atoms with Gasteiger partial charge in [0.1, 0.15) is 10.8 Å². The molecule has 0 saturated carbocycles. The summed E-state index contributed by atoms with van der Waals surface area (Å²) in [5.74, 6) is 0.580. The lowest BCUT2D eigenvalue weighted by Gasteiger charge is -2.04. The zero-order valence-electron chi connectivity index (χ0n) is 9.73. The molecule has 3 rings (SSSR count). The van der Waals surface area contributed by atoms with E-state index in [1.165, 1.54) is 4.88 Å². The molecule has 1 aromatic heterocycles. The molecule has 0 unspecified atom stereocenters. The first-order chi connectivity index (χ1) is 7.74. The van der Waals surface area contributed by atoms with Gasteiger partial charge in [-0.1, -0.05) is 12.1 Å². The van der Waals surface area contributed by atoms with Crippen LogP contribution in [-0.4, -0.2) is 11.3 Å². The summed E-state index contributed by atoms with van der Waals surface area (Å²) in [7, 11) is 0. The van der Waals surface area contributed by atoms with E-state index in [1.807, 2.05) is 24.3 Å². The number of para-hydroxylation sites is 2. The minimum Gasteiger partial charge on any atom is -0.412 e. The Labute approximate surface area is 115 Å². The number of hydrogen-bond donors (Lipinski definition) is 2. The van der Waals surface area contributed by atoms with Crippen LogP contribution in [0.15, 0.2) is 35.3 Å². The molecule has 4 nitrogen and oxygen atoms in total. The van der Waals surface area contributed by atoms with Gasteiger partial charge in [0.15, 0.2) is 0 Å². The second-order valence-corrected chi connectivity index (χ2v) is 5.00. The van der Waals surface area contributed by atoms with Gasteiger partial charge in [0.25, 0.3) is 0 Å². The van der Waals surface area contributed by atoms with Crippen molar-refractivity contribution in [1.29, 1.82) is 0 Å². The second kappa shape index (κ2) is 5.39. The van der Waals surface area contributed by atoms with Crippen LogP contribution in [0, 0.1) is 6.92 Å². The molecule has 6 heteroatoms. The number of rotatable bonds is 0. The van der Waals surface area contributed by atoms with Crippen LogP contribution in [0.5, 0.6) is 0 Å². The Balaban J connectivity index is 0.000000810. The highest BCUT2D eigenvalue weighted by atomic mass is 35.5. The summed E-state index contributed by atoms with van der Waals surface area (Å²) in [5.41, 5.74) is 8.89. The molecule has 0 radical (unpaired) electrons. The smallest absolute Gasteiger partial charge is 0.134 e. The summed E-state index contributed by atoms with van der Waals surface area (Å²) in [6.45, 7) is 2.07. The number of aryl methyl sites for hydroxylation is 1. The zero-order chi connectivity index (χ0) is 11.1. The highest BCUT2D eigenvalue weighted by molar-refractivity contribution is 7.16. The van der Waals surface area contributed by atoms with Gasteiger partial charge >= 0.3 is 0 Å². The molecule has 2 heterocycles. The van der Waals surface area contributed by atoms with Gasteiger partial charge in [-0.15, -0.1) is 23.7 Å². The molecule has 1 aliphatic heterocycles. The fourth-order valence-corrected chi connectivity index (χ4v) is 2.72. The number of nitrogens with two attached hydrogens (primary N) is 1. The first-order valence-corrected chi connectivity index (χ1v) is 5.87. The van der Waals surface area contributed by atoms with Crippen molar-refractivity contribution in [2.24, 2.45) is 10.7 Å². The first kappa shape index (κ1) is 14.5. The van der Waals surface area contributed by atoms with Gasteiger partial charge in [-0.3, -0.25) is 0 Å². The Bertz CT molecular complexity index is 595. The zero-order valence-corrected chi connectivity index (χ0v) is 11.4. The summed E-state index contributed by atoms with van der Waals surface area (Å²) >= 11 is 1.70. The van der Waals surface area contributed by atoms with Gasteiger partial charge in [-0.25, -0.2) is 4.99 Å². The third kappa shape index (κ3) is 2.33. The standard InChI is InChI=1S/C12H11N3S.ClH.H2O/c1-7-6-8-11(13)14-9-4-2-3-5-10(9)15-12(8)16-7;;/h2-6,15H,1H3,(H2,13,14);1H;1H2. The van der Waals surface area contributed by atoms with Crippen LogP contribution in [0.25, 0.3) is 0 Å². The molecule has 0 fully saturated rings. The van der Waals surface area contributed by atoms with Crippen LogP contribution < -0.4 is 11.1 Å². The molecule has 0 bridgehead atoms. The van der Waals surface area contributed by atoms with Gasteiger partial charge < -0.3 is 16.5 Å². The van der Waals surface area contributed by atoms with E-state index in [9.17, 15) is 0 Å². The van der Waals surface area contributed by atoms with Crippen molar-refractivity contribution in [2.75, 3.05) is 5.32 Å². The lowest BCUT2D eigenvalue weighted by atomic mass is 10.3. The maximum atomic E-state index is 5.99. The Morgan fingerprint density at radius 2 is 2.00 bits per heavy atom. The number of benzene rings is 1. The van der Waals surface area contributed by atoms with Crippen molar-refractivity contribution in [3.05, 3.63) is 40.8 Å². The molecule has 0 saturated heterocycles. The van der Waals surface area contributed by atoms with Crippen LogP contribution in [0.2, 0.25) is 0 Å². The predicted octanol–water partition coefficient (Wildman–Crippen LogP) is 2.75. The van der Waals surface area contributed by atoms with Gasteiger partial charge in [0.2, 0.25) is 0 Å². The van der Waals surface area contributed by atoms with E-state index in [-0.39, 0.29) is 17.9 Å². The quantitative estimate of drug-likeness (QED) is 0.779. The van der Waals surface area contributed by atoms with E-state index >= 15 is 0 Å². The molecular weight excluding hydrogens is 270 g/mol. The fourth-order valence-electron chi connectivity index (χ4n) is 1.79. The molecule has 1 aromatic carbocycles. The van der Waals surface area contributed by atoms with Crippen LogP contribution >= 0.6 is 23.7 Å². The van der Waals surface area contributed by atoms with E-state index in [4.69, 9.17) is 5.73 Å². The van der Waals surface area contributed by atoms with E-state index in [0.717, 1.165) is 21.9 Å². The van der Waals surface area contributed by atoms with Crippen LogP contribution in [0.4, 0.5) is 16.4 Å². The SMILES string of the molecule is Cc1cc2c(s1)Nc1ccccc1N=C2N.Cl.O. The van der Waals surface area contributed by atoms with E-state index in [1.54, 1.807) is 11.3 Å². The summed E-state index contributed by atoms with van der Waals surface area (Å²) in [6.07, 6.45) is 0. The predicted molar refractivity (Wildman–Crippen MR) is 80.0 cm³/mol. The van der Waals surface area contributed by atoms with Gasteiger partial charge in [-0.2, -0.15) is 0 Å². The van der Waals surface area contributed by atoms with Crippen LogP contribution in [0.1, 0.15) is 10.4 Å². The average Bonchev–Trinajstić information content (AvgIpc) is 2.57.